The van der Waals surface area contributed by atoms with Crippen molar-refractivity contribution in [3.63, 3.8) is 0 Å². The minimum atomic E-state index is -4.66. The Morgan fingerprint density at radius 2 is 1.79 bits per heavy atom. The number of rotatable bonds is 4. The molecule has 0 saturated carbocycles. The Hall–Kier alpha value is -2.88. The van der Waals surface area contributed by atoms with Crippen molar-refractivity contribution in [3.05, 3.63) is 42.5 Å². The lowest BCUT2D eigenvalue weighted by molar-refractivity contribution is -0.274. The van der Waals surface area contributed by atoms with Gasteiger partial charge in [-0.15, -0.1) is 13.2 Å². The third-order valence-electron chi connectivity index (χ3n) is 4.80. The predicted molar refractivity (Wildman–Crippen MR) is 104 cm³/mol. The molecule has 156 valence electrons. The Labute approximate surface area is 166 Å². The Kier molecular flexibility index (Phi) is 6.53. The minimum Gasteiger partial charge on any atom is -0.406 e. The molecule has 0 aliphatic carbocycles. The summed E-state index contributed by atoms with van der Waals surface area (Å²) in [5.41, 5.74) is 7.01. The van der Waals surface area contributed by atoms with E-state index in [9.17, 15) is 13.2 Å². The summed E-state index contributed by atoms with van der Waals surface area (Å²) in [5.74, 6) is 1.16. The van der Waals surface area contributed by atoms with Gasteiger partial charge in [0.25, 0.3) is 0 Å². The zero-order valence-electron chi connectivity index (χ0n) is 16.0. The Bertz CT molecular complexity index is 904. The molecule has 3 N–H and O–H groups in total. The van der Waals surface area contributed by atoms with Crippen LogP contribution in [0.15, 0.2) is 36.9 Å². The first kappa shape index (κ1) is 20.8. The second-order valence-corrected chi connectivity index (χ2v) is 6.62. The highest BCUT2D eigenvalue weighted by molar-refractivity contribution is 5.82. The molecule has 0 atom stereocenters. The summed E-state index contributed by atoms with van der Waals surface area (Å²) >= 11 is 0. The fraction of sp³-hybridized carbons (Fsp3) is 0.421. The maximum atomic E-state index is 12.2. The maximum Gasteiger partial charge on any atom is 0.573 e. The number of nitrogens with zero attached hydrogens (tertiary/aromatic N) is 4. The topological polar surface area (TPSA) is 93.0 Å². The summed E-state index contributed by atoms with van der Waals surface area (Å²) in [6.45, 7) is 1.73. The number of halogens is 3. The van der Waals surface area contributed by atoms with Crippen LogP contribution in [0.5, 0.6) is 5.75 Å². The number of aromatic amines is 1. The summed E-state index contributed by atoms with van der Waals surface area (Å²) in [4.78, 5) is 18.0. The Morgan fingerprint density at radius 1 is 1.10 bits per heavy atom. The summed E-state index contributed by atoms with van der Waals surface area (Å²) in [6, 6.07) is 6.14. The maximum absolute atomic E-state index is 12.2. The number of nitrogens with one attached hydrogen (secondary N) is 1. The molecule has 3 heterocycles. The lowest BCUT2D eigenvalue weighted by atomic mass is 9.90. The Morgan fingerprint density at radius 3 is 2.45 bits per heavy atom. The fourth-order valence-electron chi connectivity index (χ4n) is 3.50. The monoisotopic (exact) mass is 408 g/mol. The third kappa shape index (κ3) is 5.35. The summed E-state index contributed by atoms with van der Waals surface area (Å²) in [7, 11) is 1.50. The van der Waals surface area contributed by atoms with Crippen molar-refractivity contribution >= 4 is 17.0 Å². The van der Waals surface area contributed by atoms with Gasteiger partial charge in [-0.2, -0.15) is 0 Å². The first-order valence-electron chi connectivity index (χ1n) is 9.29. The standard InChI is InChI=1S/C18H18F3N5O.CH5N/c19-18(20,21)27-14-3-1-12(2-4-14)9-13-5-7-26(8-6-13)17-15-16(23-10-22-15)24-11-25-17;1-2/h1-4,10-11,13H,5-9H2,(H,22,23,24,25);2H2,1H3. The molecule has 10 heteroatoms. The van der Waals surface area contributed by atoms with Crippen LogP contribution in [0.3, 0.4) is 0 Å². The van der Waals surface area contributed by atoms with Gasteiger partial charge in [-0.05, 0) is 49.9 Å². The molecule has 7 nitrogen and oxygen atoms in total. The van der Waals surface area contributed by atoms with E-state index in [1.807, 2.05) is 0 Å². The van der Waals surface area contributed by atoms with E-state index in [4.69, 9.17) is 0 Å². The predicted octanol–water partition coefficient (Wildman–Crippen LogP) is 3.29. The number of ether oxygens (including phenoxy) is 1. The molecule has 29 heavy (non-hydrogen) atoms. The van der Waals surface area contributed by atoms with Crippen molar-refractivity contribution in [3.8, 4) is 5.75 Å². The average Bonchev–Trinajstić information content (AvgIpc) is 3.20. The fourth-order valence-corrected chi connectivity index (χ4v) is 3.50. The zero-order valence-corrected chi connectivity index (χ0v) is 16.0. The van der Waals surface area contributed by atoms with E-state index >= 15 is 0 Å². The highest BCUT2D eigenvalue weighted by atomic mass is 19.4. The van der Waals surface area contributed by atoms with Crippen LogP contribution in [-0.4, -0.2) is 46.4 Å². The van der Waals surface area contributed by atoms with E-state index in [1.54, 1.807) is 18.5 Å². The van der Waals surface area contributed by atoms with Gasteiger partial charge in [-0.1, -0.05) is 12.1 Å². The van der Waals surface area contributed by atoms with Gasteiger partial charge in [0.1, 0.15) is 17.6 Å². The number of hydrogen-bond donors (Lipinski definition) is 2. The molecule has 1 fully saturated rings. The van der Waals surface area contributed by atoms with Crippen molar-refractivity contribution < 1.29 is 17.9 Å². The van der Waals surface area contributed by atoms with E-state index in [-0.39, 0.29) is 5.75 Å². The van der Waals surface area contributed by atoms with Gasteiger partial charge in [0.05, 0.1) is 6.33 Å². The summed E-state index contributed by atoms with van der Waals surface area (Å²) < 4.78 is 40.6. The van der Waals surface area contributed by atoms with Crippen LogP contribution >= 0.6 is 0 Å². The lowest BCUT2D eigenvalue weighted by Crippen LogP contribution is -2.35. The van der Waals surface area contributed by atoms with Crippen LogP contribution in [0.2, 0.25) is 0 Å². The van der Waals surface area contributed by atoms with E-state index in [2.05, 4.69) is 35.3 Å². The van der Waals surface area contributed by atoms with E-state index in [0.717, 1.165) is 49.2 Å². The first-order valence-corrected chi connectivity index (χ1v) is 9.29. The molecule has 1 aliphatic rings. The van der Waals surface area contributed by atoms with Crippen molar-refractivity contribution in [2.45, 2.75) is 25.6 Å². The SMILES string of the molecule is CN.FC(F)(F)Oc1ccc(CC2CCN(c3ncnc4nc[nH]c34)CC2)cc1. The molecule has 0 unspecified atom stereocenters. The van der Waals surface area contributed by atoms with Crippen LogP contribution in [-0.2, 0) is 6.42 Å². The molecule has 1 aromatic carbocycles. The normalized spacial score (nSPS) is 15.1. The van der Waals surface area contributed by atoms with E-state index in [1.165, 1.54) is 25.5 Å². The zero-order chi connectivity index (χ0) is 20.9. The van der Waals surface area contributed by atoms with Crippen molar-refractivity contribution in [2.75, 3.05) is 25.0 Å². The summed E-state index contributed by atoms with van der Waals surface area (Å²) in [6.07, 6.45) is 1.29. The quantitative estimate of drug-likeness (QED) is 0.688. The van der Waals surface area contributed by atoms with Gasteiger partial charge in [0.15, 0.2) is 11.5 Å². The molecule has 1 aliphatic heterocycles. The number of benzene rings is 1. The van der Waals surface area contributed by atoms with Gasteiger partial charge in [0.2, 0.25) is 0 Å². The third-order valence-corrected chi connectivity index (χ3v) is 4.80. The Balaban J connectivity index is 0.00000117. The molecule has 4 rings (SSSR count). The van der Waals surface area contributed by atoms with Gasteiger partial charge in [-0.25, -0.2) is 15.0 Å². The molecule has 0 amide bonds. The number of H-pyrrole nitrogens is 1. The number of anilines is 1. The number of imidazole rings is 1. The van der Waals surface area contributed by atoms with E-state index < -0.39 is 6.36 Å². The van der Waals surface area contributed by atoms with Gasteiger partial charge in [0, 0.05) is 13.1 Å². The number of alkyl halides is 3. The molecule has 0 radical (unpaired) electrons. The first-order chi connectivity index (χ1) is 14.0. The average molecular weight is 408 g/mol. The largest absolute Gasteiger partial charge is 0.573 e. The van der Waals surface area contributed by atoms with Crippen LogP contribution in [0, 0.1) is 5.92 Å². The van der Waals surface area contributed by atoms with E-state index in [0.29, 0.717) is 11.6 Å². The smallest absolute Gasteiger partial charge is 0.406 e. The summed E-state index contributed by atoms with van der Waals surface area (Å²) in [5, 5.41) is 0. The second-order valence-electron chi connectivity index (χ2n) is 6.62. The molecule has 1 saturated heterocycles. The van der Waals surface area contributed by atoms with Crippen molar-refractivity contribution in [1.82, 2.24) is 19.9 Å². The molecule has 3 aromatic rings. The number of piperidine rings is 1. The second kappa shape index (κ2) is 9.08. The highest BCUT2D eigenvalue weighted by Gasteiger charge is 2.31. The molecular formula is C19H23F3N6O. The molecule has 0 spiro atoms. The molecular weight excluding hydrogens is 385 g/mol. The van der Waals surface area contributed by atoms with Crippen LogP contribution < -0.4 is 15.4 Å². The molecule has 2 aromatic heterocycles. The highest BCUT2D eigenvalue weighted by Crippen LogP contribution is 2.28. The number of nitrogens with two attached hydrogens (primary N) is 1. The van der Waals surface area contributed by atoms with Crippen LogP contribution in [0.25, 0.3) is 11.2 Å². The lowest BCUT2D eigenvalue weighted by Gasteiger charge is -2.32. The number of aromatic nitrogens is 4. The minimum absolute atomic E-state index is 0.187. The van der Waals surface area contributed by atoms with Crippen LogP contribution in [0.1, 0.15) is 18.4 Å². The van der Waals surface area contributed by atoms with Crippen LogP contribution in [0.4, 0.5) is 19.0 Å². The van der Waals surface area contributed by atoms with Gasteiger partial charge in [-0.3, -0.25) is 0 Å². The number of fused-ring (bicyclic) bond motifs is 1. The van der Waals surface area contributed by atoms with Crippen molar-refractivity contribution in [1.29, 1.82) is 0 Å². The number of hydrogen-bond acceptors (Lipinski definition) is 6. The van der Waals surface area contributed by atoms with Crippen molar-refractivity contribution in [2.24, 2.45) is 11.7 Å². The molecule has 0 bridgehead atoms. The van der Waals surface area contributed by atoms with Gasteiger partial charge < -0.3 is 20.4 Å². The van der Waals surface area contributed by atoms with Gasteiger partial charge >= 0.3 is 6.36 Å².